The molecule has 0 aliphatic carbocycles. The maximum atomic E-state index is 5.40. The Bertz CT molecular complexity index is 571. The molecule has 4 nitrogen and oxygen atoms in total. The number of rotatable bonds is 5. The summed E-state index contributed by atoms with van der Waals surface area (Å²) in [6.07, 6.45) is 3.68. The van der Waals surface area contributed by atoms with Gasteiger partial charge in [0.15, 0.2) is 0 Å². The molecule has 1 saturated heterocycles. The van der Waals surface area contributed by atoms with E-state index in [-0.39, 0.29) is 12.4 Å². The van der Waals surface area contributed by atoms with Gasteiger partial charge in [-0.15, -0.1) is 12.4 Å². The van der Waals surface area contributed by atoms with Gasteiger partial charge in [-0.3, -0.25) is 4.98 Å². The van der Waals surface area contributed by atoms with Gasteiger partial charge in [0.25, 0.3) is 0 Å². The Hall–Kier alpha value is -1.62. The van der Waals surface area contributed by atoms with E-state index in [1.807, 2.05) is 12.4 Å². The summed E-state index contributed by atoms with van der Waals surface area (Å²) in [5.41, 5.74) is 3.85. The van der Waals surface area contributed by atoms with Crippen molar-refractivity contribution in [1.29, 1.82) is 0 Å². The van der Waals surface area contributed by atoms with Crippen LogP contribution in [0, 0.1) is 0 Å². The summed E-state index contributed by atoms with van der Waals surface area (Å²) in [7, 11) is 0. The zero-order valence-electron chi connectivity index (χ0n) is 13.4. The molecule has 1 atom stereocenters. The van der Waals surface area contributed by atoms with Crippen molar-refractivity contribution >= 4 is 18.1 Å². The number of nitrogens with zero attached hydrogens (tertiary/aromatic N) is 2. The second kappa shape index (κ2) is 8.87. The Kier molecular flexibility index (Phi) is 6.84. The summed E-state index contributed by atoms with van der Waals surface area (Å²) in [5.74, 6) is 0. The summed E-state index contributed by atoms with van der Waals surface area (Å²) < 4.78 is 5.40. The molecule has 1 unspecified atom stereocenters. The number of anilines is 1. The van der Waals surface area contributed by atoms with Crippen molar-refractivity contribution in [2.24, 2.45) is 0 Å². The molecule has 2 aromatic rings. The van der Waals surface area contributed by atoms with E-state index in [0.29, 0.717) is 6.04 Å². The highest BCUT2D eigenvalue weighted by Gasteiger charge is 2.11. The van der Waals surface area contributed by atoms with Gasteiger partial charge in [-0.05, 0) is 42.3 Å². The highest BCUT2D eigenvalue weighted by atomic mass is 35.5. The van der Waals surface area contributed by atoms with Crippen LogP contribution in [0.4, 0.5) is 5.69 Å². The Morgan fingerprint density at radius 3 is 2.39 bits per heavy atom. The fourth-order valence-electron chi connectivity index (χ4n) is 2.69. The maximum Gasteiger partial charge on any atom is 0.0642 e. The molecule has 124 valence electrons. The lowest BCUT2D eigenvalue weighted by atomic mass is 10.1. The first-order valence-corrected chi connectivity index (χ1v) is 7.88. The van der Waals surface area contributed by atoms with Gasteiger partial charge in [0.2, 0.25) is 0 Å². The summed E-state index contributed by atoms with van der Waals surface area (Å²) in [6, 6.07) is 13.3. The van der Waals surface area contributed by atoms with Gasteiger partial charge in [-0.2, -0.15) is 0 Å². The third kappa shape index (κ3) is 4.93. The smallest absolute Gasteiger partial charge is 0.0642 e. The zero-order valence-corrected chi connectivity index (χ0v) is 14.3. The molecule has 1 aromatic heterocycles. The number of ether oxygens (including phenoxy) is 1. The number of benzene rings is 1. The Labute approximate surface area is 144 Å². The number of pyridine rings is 1. The summed E-state index contributed by atoms with van der Waals surface area (Å²) in [5, 5.41) is 3.55. The molecule has 23 heavy (non-hydrogen) atoms. The number of aromatic nitrogens is 1. The van der Waals surface area contributed by atoms with Crippen LogP contribution in [0.2, 0.25) is 0 Å². The predicted octanol–water partition coefficient (Wildman–Crippen LogP) is 3.19. The number of nitrogens with one attached hydrogen (secondary N) is 1. The maximum absolute atomic E-state index is 5.40. The van der Waals surface area contributed by atoms with Crippen molar-refractivity contribution in [3.63, 3.8) is 0 Å². The van der Waals surface area contributed by atoms with Gasteiger partial charge in [0, 0.05) is 43.8 Å². The second-order valence-electron chi connectivity index (χ2n) is 5.65. The Balaban J connectivity index is 0.00000192. The fourth-order valence-corrected chi connectivity index (χ4v) is 2.69. The zero-order chi connectivity index (χ0) is 15.2. The van der Waals surface area contributed by atoms with Crippen LogP contribution in [0.15, 0.2) is 48.8 Å². The minimum Gasteiger partial charge on any atom is -0.378 e. The first kappa shape index (κ1) is 17.7. The minimum absolute atomic E-state index is 0. The number of morpholine rings is 1. The first-order valence-electron chi connectivity index (χ1n) is 7.88. The lowest BCUT2D eigenvalue weighted by Crippen LogP contribution is -2.36. The van der Waals surface area contributed by atoms with E-state index < -0.39 is 0 Å². The van der Waals surface area contributed by atoms with Crippen molar-refractivity contribution in [2.45, 2.75) is 19.5 Å². The monoisotopic (exact) mass is 333 g/mol. The van der Waals surface area contributed by atoms with Crippen molar-refractivity contribution < 1.29 is 4.74 Å². The SMILES string of the molecule is CC(NCc1ccc(N2CCOCC2)cc1)c1ccncc1.Cl. The molecule has 0 amide bonds. The molecule has 1 N–H and O–H groups in total. The number of hydrogen-bond acceptors (Lipinski definition) is 4. The molecule has 0 saturated carbocycles. The normalized spacial score (nSPS) is 15.8. The molecule has 1 aromatic carbocycles. The molecule has 3 rings (SSSR count). The van der Waals surface area contributed by atoms with Crippen LogP contribution in [0.5, 0.6) is 0 Å². The highest BCUT2D eigenvalue weighted by molar-refractivity contribution is 5.85. The highest BCUT2D eigenvalue weighted by Crippen LogP contribution is 2.17. The van der Waals surface area contributed by atoms with E-state index in [1.54, 1.807) is 0 Å². The predicted molar refractivity (Wildman–Crippen MR) is 96.2 cm³/mol. The van der Waals surface area contributed by atoms with Crippen molar-refractivity contribution in [3.05, 3.63) is 59.9 Å². The van der Waals surface area contributed by atoms with Gasteiger partial charge < -0.3 is 15.0 Å². The largest absolute Gasteiger partial charge is 0.378 e. The minimum atomic E-state index is 0. The van der Waals surface area contributed by atoms with Crippen LogP contribution in [0.3, 0.4) is 0 Å². The summed E-state index contributed by atoms with van der Waals surface area (Å²) in [6.45, 7) is 6.66. The molecule has 0 radical (unpaired) electrons. The molecule has 2 heterocycles. The van der Waals surface area contributed by atoms with Crippen LogP contribution in [0.25, 0.3) is 0 Å². The molecule has 1 aliphatic rings. The van der Waals surface area contributed by atoms with Crippen LogP contribution in [-0.4, -0.2) is 31.3 Å². The van der Waals surface area contributed by atoms with E-state index in [4.69, 9.17) is 4.74 Å². The van der Waals surface area contributed by atoms with Crippen LogP contribution in [0.1, 0.15) is 24.1 Å². The molecule has 0 bridgehead atoms. The molecular formula is C18H24ClN3O. The summed E-state index contributed by atoms with van der Waals surface area (Å²) >= 11 is 0. The number of hydrogen-bond donors (Lipinski definition) is 1. The lowest BCUT2D eigenvalue weighted by Gasteiger charge is -2.29. The van der Waals surface area contributed by atoms with Crippen LogP contribution >= 0.6 is 12.4 Å². The van der Waals surface area contributed by atoms with E-state index in [0.717, 1.165) is 32.8 Å². The topological polar surface area (TPSA) is 37.4 Å². The van der Waals surface area contributed by atoms with E-state index >= 15 is 0 Å². The van der Waals surface area contributed by atoms with Crippen molar-refractivity contribution in [2.75, 3.05) is 31.2 Å². The van der Waals surface area contributed by atoms with Crippen LogP contribution in [-0.2, 0) is 11.3 Å². The van der Waals surface area contributed by atoms with Crippen molar-refractivity contribution in [1.82, 2.24) is 10.3 Å². The van der Waals surface area contributed by atoms with Crippen LogP contribution < -0.4 is 10.2 Å². The average molecular weight is 334 g/mol. The second-order valence-corrected chi connectivity index (χ2v) is 5.65. The van der Waals surface area contributed by atoms with E-state index in [9.17, 15) is 0 Å². The molecule has 1 fully saturated rings. The van der Waals surface area contributed by atoms with Gasteiger partial charge in [0.1, 0.15) is 0 Å². The molecule has 1 aliphatic heterocycles. The number of halogens is 1. The lowest BCUT2D eigenvalue weighted by molar-refractivity contribution is 0.122. The fraction of sp³-hybridized carbons (Fsp3) is 0.389. The standard InChI is InChI=1S/C18H23N3O.ClH/c1-15(17-6-8-19-9-7-17)20-14-16-2-4-18(5-3-16)21-10-12-22-13-11-21;/h2-9,15,20H,10-14H2,1H3;1H. The Morgan fingerprint density at radius 1 is 1.09 bits per heavy atom. The molecular weight excluding hydrogens is 310 g/mol. The third-order valence-corrected chi connectivity index (χ3v) is 4.13. The molecule has 5 heteroatoms. The first-order chi connectivity index (χ1) is 10.8. The van der Waals surface area contributed by atoms with Gasteiger partial charge in [0.05, 0.1) is 13.2 Å². The van der Waals surface area contributed by atoms with E-state index in [1.165, 1.54) is 16.8 Å². The van der Waals surface area contributed by atoms with E-state index in [2.05, 4.69) is 58.5 Å². The summed E-state index contributed by atoms with van der Waals surface area (Å²) in [4.78, 5) is 6.43. The Morgan fingerprint density at radius 2 is 1.74 bits per heavy atom. The van der Waals surface area contributed by atoms with Gasteiger partial charge in [-0.25, -0.2) is 0 Å². The van der Waals surface area contributed by atoms with Gasteiger partial charge >= 0.3 is 0 Å². The van der Waals surface area contributed by atoms with Crippen molar-refractivity contribution in [3.8, 4) is 0 Å². The quantitative estimate of drug-likeness (QED) is 0.912. The third-order valence-electron chi connectivity index (χ3n) is 4.13. The molecule has 0 spiro atoms. The van der Waals surface area contributed by atoms with Gasteiger partial charge in [-0.1, -0.05) is 12.1 Å². The average Bonchev–Trinajstić information content (AvgIpc) is 2.61.